The van der Waals surface area contributed by atoms with E-state index in [-0.39, 0.29) is 17.4 Å². The lowest BCUT2D eigenvalue weighted by atomic mass is 9.78. The number of hydrogen-bond acceptors (Lipinski definition) is 3. The van der Waals surface area contributed by atoms with Crippen molar-refractivity contribution in [2.75, 3.05) is 25.0 Å². The smallest absolute Gasteiger partial charge is 0.410 e. The lowest BCUT2D eigenvalue weighted by molar-refractivity contribution is -0.116. The number of benzene rings is 2. The van der Waals surface area contributed by atoms with Gasteiger partial charge in [0.25, 0.3) is 0 Å². The van der Waals surface area contributed by atoms with Gasteiger partial charge in [-0.3, -0.25) is 4.79 Å². The Morgan fingerprint density at radius 3 is 1.79 bits per heavy atom. The zero-order chi connectivity index (χ0) is 20.9. The molecule has 0 aliphatic carbocycles. The molecule has 0 fully saturated rings. The van der Waals surface area contributed by atoms with Crippen LogP contribution in [-0.4, -0.2) is 37.0 Å². The molecular formula is C23H30N2O3. The number of nitrogens with zero attached hydrogens (tertiary/aromatic N) is 2. The van der Waals surface area contributed by atoms with Crippen LogP contribution >= 0.6 is 0 Å². The molecule has 2 aromatic rings. The quantitative estimate of drug-likeness (QED) is 0.718. The molecule has 0 saturated carbocycles. The van der Waals surface area contributed by atoms with Crippen molar-refractivity contribution >= 4 is 17.7 Å². The Morgan fingerprint density at radius 2 is 1.36 bits per heavy atom. The van der Waals surface area contributed by atoms with Gasteiger partial charge in [0.2, 0.25) is 5.91 Å². The second kappa shape index (κ2) is 8.91. The van der Waals surface area contributed by atoms with Gasteiger partial charge in [0.15, 0.2) is 0 Å². The maximum absolute atomic E-state index is 12.1. The summed E-state index contributed by atoms with van der Waals surface area (Å²) in [5, 5.41) is 0. The van der Waals surface area contributed by atoms with E-state index in [4.69, 9.17) is 4.74 Å². The van der Waals surface area contributed by atoms with Gasteiger partial charge in [0.05, 0.1) is 0 Å². The van der Waals surface area contributed by atoms with Crippen LogP contribution in [0.1, 0.15) is 45.7 Å². The zero-order valence-corrected chi connectivity index (χ0v) is 17.7. The summed E-state index contributed by atoms with van der Waals surface area (Å²) < 4.78 is 5.45. The number of anilines is 1. The average Bonchev–Trinajstić information content (AvgIpc) is 2.68. The highest BCUT2D eigenvalue weighted by Crippen LogP contribution is 2.33. The van der Waals surface area contributed by atoms with E-state index in [2.05, 4.69) is 13.8 Å². The summed E-state index contributed by atoms with van der Waals surface area (Å²) in [6.45, 7) is 10.9. The number of carbonyl (C=O) groups excluding carboxylic acids is 2. The summed E-state index contributed by atoms with van der Waals surface area (Å²) in [7, 11) is 1.76. The monoisotopic (exact) mass is 382 g/mol. The first-order chi connectivity index (χ1) is 13.2. The van der Waals surface area contributed by atoms with E-state index in [0.29, 0.717) is 18.8 Å². The highest BCUT2D eigenvalue weighted by Gasteiger charge is 2.23. The van der Waals surface area contributed by atoms with Crippen LogP contribution in [0.25, 0.3) is 0 Å². The molecule has 0 saturated heterocycles. The predicted molar refractivity (Wildman–Crippen MR) is 113 cm³/mol. The van der Waals surface area contributed by atoms with E-state index in [9.17, 15) is 9.59 Å². The van der Waals surface area contributed by atoms with Gasteiger partial charge in [-0.2, -0.15) is 0 Å². The molecule has 2 rings (SSSR count). The molecule has 0 bridgehead atoms. The Labute approximate surface area is 167 Å². The Morgan fingerprint density at radius 1 is 0.893 bits per heavy atom. The van der Waals surface area contributed by atoms with E-state index >= 15 is 0 Å². The van der Waals surface area contributed by atoms with Gasteiger partial charge in [-0.15, -0.1) is 0 Å². The summed E-state index contributed by atoms with van der Waals surface area (Å²) in [5.74, 6) is 0.539. The molecular weight excluding hydrogens is 352 g/mol. The van der Waals surface area contributed by atoms with Crippen molar-refractivity contribution in [3.05, 3.63) is 59.7 Å². The molecule has 2 amide bonds. The molecule has 150 valence electrons. The Balaban J connectivity index is 2.17. The first kappa shape index (κ1) is 21.5. The molecule has 0 atom stereocenters. The van der Waals surface area contributed by atoms with Crippen LogP contribution in [0.4, 0.5) is 10.5 Å². The summed E-state index contributed by atoms with van der Waals surface area (Å²) in [4.78, 5) is 26.9. The van der Waals surface area contributed by atoms with Crippen LogP contribution in [-0.2, 0) is 10.2 Å². The minimum Gasteiger partial charge on any atom is -0.410 e. The molecule has 0 N–H and O–H groups in total. The van der Waals surface area contributed by atoms with Crippen LogP contribution in [0.5, 0.6) is 5.75 Å². The second-order valence-electron chi connectivity index (χ2n) is 7.31. The summed E-state index contributed by atoms with van der Waals surface area (Å²) in [6, 6.07) is 15.6. The van der Waals surface area contributed by atoms with Crippen LogP contribution in [0, 0.1) is 0 Å². The maximum atomic E-state index is 12.1. The highest BCUT2D eigenvalue weighted by molar-refractivity contribution is 5.90. The number of amides is 2. The number of carbonyl (C=O) groups is 2. The fraction of sp³-hybridized carbons (Fsp3) is 0.391. The van der Waals surface area contributed by atoms with Gasteiger partial charge in [-0.25, -0.2) is 4.79 Å². The third-order valence-electron chi connectivity index (χ3n) is 5.25. The molecule has 0 unspecified atom stereocenters. The van der Waals surface area contributed by atoms with E-state index in [1.807, 2.05) is 62.4 Å². The van der Waals surface area contributed by atoms with Crippen LogP contribution in [0.2, 0.25) is 0 Å². The van der Waals surface area contributed by atoms with Gasteiger partial charge in [0.1, 0.15) is 5.75 Å². The molecule has 0 spiro atoms. The van der Waals surface area contributed by atoms with E-state index in [0.717, 1.165) is 16.8 Å². The van der Waals surface area contributed by atoms with Crippen molar-refractivity contribution in [2.24, 2.45) is 0 Å². The molecule has 2 aromatic carbocycles. The lowest BCUT2D eigenvalue weighted by Gasteiger charge is -2.27. The molecule has 0 radical (unpaired) electrons. The van der Waals surface area contributed by atoms with Crippen molar-refractivity contribution in [3.8, 4) is 5.75 Å². The van der Waals surface area contributed by atoms with E-state index in [1.54, 1.807) is 23.8 Å². The topological polar surface area (TPSA) is 49.9 Å². The van der Waals surface area contributed by atoms with Crippen molar-refractivity contribution in [1.82, 2.24) is 4.90 Å². The minimum atomic E-state index is -0.331. The van der Waals surface area contributed by atoms with Crippen LogP contribution in [0.15, 0.2) is 48.5 Å². The molecule has 0 aliphatic rings. The molecule has 5 heteroatoms. The van der Waals surface area contributed by atoms with Gasteiger partial charge in [-0.1, -0.05) is 38.1 Å². The molecule has 28 heavy (non-hydrogen) atoms. The maximum Gasteiger partial charge on any atom is 0.415 e. The van der Waals surface area contributed by atoms with Crippen molar-refractivity contribution in [3.63, 3.8) is 0 Å². The van der Waals surface area contributed by atoms with E-state index < -0.39 is 0 Å². The molecule has 0 heterocycles. The first-order valence-corrected chi connectivity index (χ1v) is 9.62. The van der Waals surface area contributed by atoms with Gasteiger partial charge in [0, 0.05) is 38.2 Å². The number of rotatable bonds is 6. The SMILES string of the molecule is CCN(CC)C(=O)Oc1ccc(C(C)(C)c2ccc(N(C)C(C)=O)cc2)cc1. The Kier molecular flexibility index (Phi) is 6.84. The fourth-order valence-electron chi connectivity index (χ4n) is 3.04. The normalized spacial score (nSPS) is 11.1. The van der Waals surface area contributed by atoms with Crippen molar-refractivity contribution < 1.29 is 14.3 Å². The van der Waals surface area contributed by atoms with Gasteiger partial charge >= 0.3 is 6.09 Å². The summed E-state index contributed by atoms with van der Waals surface area (Å²) >= 11 is 0. The Bertz CT molecular complexity index is 807. The van der Waals surface area contributed by atoms with Crippen LogP contribution < -0.4 is 9.64 Å². The fourth-order valence-corrected chi connectivity index (χ4v) is 3.04. The molecule has 0 aromatic heterocycles. The molecule has 5 nitrogen and oxygen atoms in total. The summed E-state index contributed by atoms with van der Waals surface area (Å²) in [5.41, 5.74) is 2.89. The van der Waals surface area contributed by atoms with Gasteiger partial charge in [-0.05, 0) is 49.2 Å². The molecule has 0 aliphatic heterocycles. The standard InChI is InChI=1S/C23H30N2O3/c1-7-25(8-2)22(27)28-21-15-11-19(12-16-21)23(4,5)18-9-13-20(14-10-18)24(6)17(3)26/h9-16H,7-8H2,1-6H3. The second-order valence-corrected chi connectivity index (χ2v) is 7.31. The van der Waals surface area contributed by atoms with Crippen molar-refractivity contribution in [1.29, 1.82) is 0 Å². The van der Waals surface area contributed by atoms with E-state index in [1.165, 1.54) is 0 Å². The Hall–Kier alpha value is -2.82. The third-order valence-corrected chi connectivity index (χ3v) is 5.25. The number of ether oxygens (including phenoxy) is 1. The van der Waals surface area contributed by atoms with Gasteiger partial charge < -0.3 is 14.5 Å². The summed E-state index contributed by atoms with van der Waals surface area (Å²) in [6.07, 6.45) is -0.331. The third kappa shape index (κ3) is 4.71. The largest absolute Gasteiger partial charge is 0.415 e. The van der Waals surface area contributed by atoms with Crippen LogP contribution in [0.3, 0.4) is 0 Å². The highest BCUT2D eigenvalue weighted by atomic mass is 16.6. The van der Waals surface area contributed by atoms with Crippen molar-refractivity contribution in [2.45, 2.75) is 40.0 Å². The lowest BCUT2D eigenvalue weighted by Crippen LogP contribution is -2.33. The first-order valence-electron chi connectivity index (χ1n) is 9.62. The average molecular weight is 383 g/mol. The predicted octanol–water partition coefficient (Wildman–Crippen LogP) is 4.84. The number of hydrogen-bond donors (Lipinski definition) is 0. The minimum absolute atomic E-state index is 0.00172. The zero-order valence-electron chi connectivity index (χ0n) is 17.7.